The number of carbonyl (C=O) groups is 2. The van der Waals surface area contributed by atoms with Gasteiger partial charge in [0.05, 0.1) is 25.4 Å². The first-order chi connectivity index (χ1) is 37.7. The van der Waals surface area contributed by atoms with Crippen LogP contribution in [0.15, 0.2) is 48.6 Å². The topological polar surface area (TPSA) is 175 Å². The Kier molecular flexibility index (Phi) is 51.1. The fourth-order valence-electron chi connectivity index (χ4n) is 10.1. The van der Waals surface area contributed by atoms with Crippen LogP contribution in [0.1, 0.15) is 297 Å². The predicted molar refractivity (Wildman–Crippen MR) is 320 cm³/mol. The summed E-state index contributed by atoms with van der Waals surface area (Å²) in [6.45, 7) is 5.77. The van der Waals surface area contributed by atoms with Crippen molar-refractivity contribution >= 4 is 11.9 Å². The average Bonchev–Trinajstić information content (AvgIpc) is 3.43. The molecule has 0 aromatic heterocycles. The lowest BCUT2D eigenvalue weighted by Crippen LogP contribution is -2.61. The van der Waals surface area contributed by atoms with Gasteiger partial charge in [-0.1, -0.05) is 268 Å². The normalized spacial score (nSPS) is 19.3. The lowest BCUT2D eigenvalue weighted by atomic mass is 9.99. The lowest BCUT2D eigenvalue weighted by Gasteiger charge is -2.41. The van der Waals surface area contributed by atoms with Crippen LogP contribution in [0.25, 0.3) is 0 Å². The summed E-state index contributed by atoms with van der Waals surface area (Å²) < 4.78 is 17.5. The SMILES string of the molecule is CCCCCCCC/C=C\C/C=C/CCC(=O)OC1C(OCC(NC(=O)C(O)CCCCCCCCCCCCCC/C=C/CCCCCCCC)C(O)/C=C/CCCCCCCCCCCCC)OC(CO)C(O)C1O. The van der Waals surface area contributed by atoms with E-state index in [-0.39, 0.29) is 19.4 Å². The van der Waals surface area contributed by atoms with Crippen molar-refractivity contribution in [2.24, 2.45) is 0 Å². The number of esters is 1. The van der Waals surface area contributed by atoms with Gasteiger partial charge in [-0.15, -0.1) is 0 Å². The molecule has 0 aromatic carbocycles. The van der Waals surface area contributed by atoms with Gasteiger partial charge in [0.15, 0.2) is 12.4 Å². The van der Waals surface area contributed by atoms with Crippen LogP contribution < -0.4 is 5.32 Å². The predicted octanol–water partition coefficient (Wildman–Crippen LogP) is 15.6. The van der Waals surface area contributed by atoms with Crippen molar-refractivity contribution in [3.63, 3.8) is 0 Å². The molecule has 1 saturated heterocycles. The van der Waals surface area contributed by atoms with Crippen molar-refractivity contribution in [3.05, 3.63) is 48.6 Å². The molecule has 0 aromatic rings. The molecule has 1 fully saturated rings. The monoisotopic (exact) mass is 1090 g/mol. The molecule has 1 heterocycles. The van der Waals surface area contributed by atoms with E-state index in [4.69, 9.17) is 14.2 Å². The molecule has 0 spiro atoms. The minimum absolute atomic E-state index is 0.0186. The van der Waals surface area contributed by atoms with E-state index >= 15 is 0 Å². The maximum atomic E-state index is 13.4. The van der Waals surface area contributed by atoms with E-state index in [0.717, 1.165) is 51.4 Å². The van der Waals surface area contributed by atoms with Gasteiger partial charge in [0.2, 0.25) is 5.91 Å². The molecular formula is C66H121NO10. The third kappa shape index (κ3) is 42.2. The average molecular weight is 1090 g/mol. The van der Waals surface area contributed by atoms with Crippen molar-refractivity contribution in [2.45, 2.75) is 346 Å². The molecule has 8 unspecified atom stereocenters. The standard InChI is InChI=1S/C66H121NO10/c1-4-7-10-13-16-19-22-25-26-27-28-29-30-31-32-33-36-38-41-44-47-50-53-59(70)65(74)67-57(58(69)52-49-46-43-40-37-34-23-20-17-14-11-8-5-2)56-75-66-64(63(73)62(72)60(55-68)76-66)77-61(71)54-51-48-45-42-39-35-24-21-18-15-12-9-6-3/h25-26,35,39,45,48-49,52,57-60,62-64,66,68-70,72-73H,4-24,27-34,36-38,40-44,46-47,50-51,53-56H2,1-3H3,(H,67,74)/b26-25+,39-35-,48-45+,52-49+. The largest absolute Gasteiger partial charge is 0.454 e. The highest BCUT2D eigenvalue weighted by Crippen LogP contribution is 2.26. The van der Waals surface area contributed by atoms with Crippen molar-refractivity contribution in [3.8, 4) is 0 Å². The minimum atomic E-state index is -1.63. The molecule has 0 aliphatic carbocycles. The van der Waals surface area contributed by atoms with Crippen LogP contribution in [0, 0.1) is 0 Å². The Balaban J connectivity index is 2.65. The molecule has 11 heteroatoms. The fraction of sp³-hybridized carbons (Fsp3) is 0.848. The molecule has 1 amide bonds. The maximum absolute atomic E-state index is 13.4. The summed E-state index contributed by atoms with van der Waals surface area (Å²) in [5.41, 5.74) is 0. The molecule has 77 heavy (non-hydrogen) atoms. The number of hydrogen-bond donors (Lipinski definition) is 6. The third-order valence-electron chi connectivity index (χ3n) is 15.2. The quantitative estimate of drug-likeness (QED) is 0.0195. The number of aliphatic hydroxyl groups excluding tert-OH is 5. The van der Waals surface area contributed by atoms with E-state index in [1.54, 1.807) is 6.08 Å². The fourth-order valence-corrected chi connectivity index (χ4v) is 10.1. The molecule has 450 valence electrons. The lowest BCUT2D eigenvalue weighted by molar-refractivity contribution is -0.305. The third-order valence-corrected chi connectivity index (χ3v) is 15.2. The van der Waals surface area contributed by atoms with Crippen molar-refractivity contribution < 1.29 is 49.3 Å². The number of carbonyl (C=O) groups excluding carboxylic acids is 2. The number of ether oxygens (including phenoxy) is 3. The summed E-state index contributed by atoms with van der Waals surface area (Å²) in [7, 11) is 0. The molecule has 1 rings (SSSR count). The first kappa shape index (κ1) is 72.6. The number of hydrogen-bond acceptors (Lipinski definition) is 10. The van der Waals surface area contributed by atoms with Gasteiger partial charge in [-0.05, 0) is 70.6 Å². The van der Waals surface area contributed by atoms with Gasteiger partial charge in [0.1, 0.15) is 24.4 Å². The second-order valence-electron chi connectivity index (χ2n) is 22.5. The van der Waals surface area contributed by atoms with Crippen LogP contribution in [-0.4, -0.2) is 99.6 Å². The number of amides is 1. The summed E-state index contributed by atoms with van der Waals surface area (Å²) in [5, 5.41) is 57.0. The first-order valence-electron chi connectivity index (χ1n) is 32.4. The Labute approximate surface area is 472 Å². The highest BCUT2D eigenvalue weighted by Gasteiger charge is 2.47. The second-order valence-corrected chi connectivity index (χ2v) is 22.5. The molecule has 0 bridgehead atoms. The Bertz CT molecular complexity index is 1440. The van der Waals surface area contributed by atoms with Crippen LogP contribution in [0.5, 0.6) is 0 Å². The van der Waals surface area contributed by atoms with E-state index < -0.39 is 67.4 Å². The molecular weight excluding hydrogens is 967 g/mol. The van der Waals surface area contributed by atoms with Gasteiger partial charge in [0, 0.05) is 6.42 Å². The number of unbranched alkanes of at least 4 members (excludes halogenated alkanes) is 35. The Morgan fingerprint density at radius 3 is 1.34 bits per heavy atom. The minimum Gasteiger partial charge on any atom is -0.454 e. The summed E-state index contributed by atoms with van der Waals surface area (Å²) in [5.74, 6) is -1.26. The van der Waals surface area contributed by atoms with Crippen LogP contribution in [-0.2, 0) is 23.8 Å². The Morgan fingerprint density at radius 2 is 0.896 bits per heavy atom. The van der Waals surface area contributed by atoms with E-state index in [0.29, 0.717) is 12.8 Å². The summed E-state index contributed by atoms with van der Waals surface area (Å²) in [6.07, 6.45) is 56.0. The van der Waals surface area contributed by atoms with Crippen molar-refractivity contribution in [1.29, 1.82) is 0 Å². The summed E-state index contributed by atoms with van der Waals surface area (Å²) in [4.78, 5) is 26.5. The summed E-state index contributed by atoms with van der Waals surface area (Å²) >= 11 is 0. The molecule has 8 atom stereocenters. The second kappa shape index (κ2) is 54.2. The first-order valence-corrected chi connectivity index (χ1v) is 32.4. The highest BCUT2D eigenvalue weighted by atomic mass is 16.7. The van der Waals surface area contributed by atoms with Gasteiger partial charge in [-0.3, -0.25) is 9.59 Å². The van der Waals surface area contributed by atoms with Gasteiger partial charge >= 0.3 is 5.97 Å². The number of allylic oxidation sites excluding steroid dienone is 7. The molecule has 0 saturated carbocycles. The van der Waals surface area contributed by atoms with Crippen LogP contribution in [0.2, 0.25) is 0 Å². The van der Waals surface area contributed by atoms with Gasteiger partial charge in [-0.25, -0.2) is 0 Å². The Morgan fingerprint density at radius 1 is 0.506 bits per heavy atom. The number of aliphatic hydroxyl groups is 5. The van der Waals surface area contributed by atoms with Crippen molar-refractivity contribution in [1.82, 2.24) is 5.32 Å². The maximum Gasteiger partial charge on any atom is 0.306 e. The molecule has 1 aliphatic heterocycles. The Hall–Kier alpha value is -2.38. The van der Waals surface area contributed by atoms with E-state index in [1.165, 1.54) is 199 Å². The molecule has 6 N–H and O–H groups in total. The number of rotatable bonds is 55. The van der Waals surface area contributed by atoms with Gasteiger partial charge < -0.3 is 45.1 Å². The molecule has 11 nitrogen and oxygen atoms in total. The zero-order chi connectivity index (χ0) is 56.1. The van der Waals surface area contributed by atoms with E-state index in [9.17, 15) is 35.1 Å². The molecule has 0 radical (unpaired) electrons. The zero-order valence-electron chi connectivity index (χ0n) is 49.8. The van der Waals surface area contributed by atoms with Gasteiger partial charge in [0.25, 0.3) is 0 Å². The molecule has 1 aliphatic rings. The number of nitrogens with one attached hydrogen (secondary N) is 1. The van der Waals surface area contributed by atoms with E-state index in [1.807, 2.05) is 18.2 Å². The van der Waals surface area contributed by atoms with Crippen LogP contribution in [0.4, 0.5) is 0 Å². The smallest absolute Gasteiger partial charge is 0.306 e. The van der Waals surface area contributed by atoms with E-state index in [2.05, 4.69) is 50.4 Å². The highest BCUT2D eigenvalue weighted by molar-refractivity contribution is 5.80. The van der Waals surface area contributed by atoms with Crippen LogP contribution >= 0.6 is 0 Å². The summed E-state index contributed by atoms with van der Waals surface area (Å²) in [6, 6.07) is -1.03. The van der Waals surface area contributed by atoms with Crippen molar-refractivity contribution in [2.75, 3.05) is 13.2 Å². The van der Waals surface area contributed by atoms with Gasteiger partial charge in [-0.2, -0.15) is 0 Å². The zero-order valence-corrected chi connectivity index (χ0v) is 49.8. The van der Waals surface area contributed by atoms with Crippen LogP contribution in [0.3, 0.4) is 0 Å².